The van der Waals surface area contributed by atoms with E-state index in [1.807, 2.05) is 37.1 Å². The van der Waals surface area contributed by atoms with E-state index in [1.165, 1.54) is 0 Å². The summed E-state index contributed by atoms with van der Waals surface area (Å²) in [4.78, 5) is 14.0. The van der Waals surface area contributed by atoms with Crippen molar-refractivity contribution in [3.63, 3.8) is 0 Å². The van der Waals surface area contributed by atoms with Crippen molar-refractivity contribution in [2.45, 2.75) is 39.0 Å². The second-order valence-electron chi connectivity index (χ2n) is 6.93. The van der Waals surface area contributed by atoms with Crippen LogP contribution in [0.4, 0.5) is 8.78 Å². The number of hydrogen-bond donors (Lipinski definition) is 0. The van der Waals surface area contributed by atoms with Gasteiger partial charge in [0.25, 0.3) is 5.92 Å². The van der Waals surface area contributed by atoms with Gasteiger partial charge in [0, 0.05) is 25.1 Å². The molecular weight excluding hydrogens is 312 g/mol. The number of carbonyl (C=O) groups excluding carboxylic acids is 1. The van der Waals surface area contributed by atoms with Crippen LogP contribution in [-0.2, 0) is 6.42 Å². The number of hydrogen-bond acceptors (Lipinski definition) is 3. The third-order valence-electron chi connectivity index (χ3n) is 4.56. The number of fused-ring (bicyclic) bond motifs is 1. The standard InChI is InChI=1S/C18H23F2N3O/c1-13(2)17(24)15-10-21-23-11-14(5-6-16(15)23)4-3-8-22-9-7-18(19,20)12-22/h5-6,10-11,13H,3-4,7-9,12H2,1-2H3. The minimum Gasteiger partial charge on any atom is -0.297 e. The van der Waals surface area contributed by atoms with Crippen molar-refractivity contribution in [3.05, 3.63) is 35.7 Å². The van der Waals surface area contributed by atoms with Crippen LogP contribution in [0.1, 0.15) is 42.6 Å². The Morgan fingerprint density at radius 2 is 2.17 bits per heavy atom. The molecule has 0 aliphatic carbocycles. The highest BCUT2D eigenvalue weighted by Crippen LogP contribution is 2.26. The molecule has 24 heavy (non-hydrogen) atoms. The fraction of sp³-hybridized carbons (Fsp3) is 0.556. The number of rotatable bonds is 6. The molecule has 0 N–H and O–H groups in total. The quantitative estimate of drug-likeness (QED) is 0.759. The largest absolute Gasteiger partial charge is 0.297 e. The van der Waals surface area contributed by atoms with Gasteiger partial charge >= 0.3 is 0 Å². The number of pyridine rings is 1. The van der Waals surface area contributed by atoms with Crippen LogP contribution in [0.3, 0.4) is 0 Å². The number of alkyl halides is 2. The Bertz CT molecular complexity index is 739. The number of aromatic nitrogens is 2. The molecule has 2 aromatic heterocycles. The zero-order valence-corrected chi connectivity index (χ0v) is 14.1. The first kappa shape index (κ1) is 17.0. The van der Waals surface area contributed by atoms with Gasteiger partial charge in [0.1, 0.15) is 0 Å². The third kappa shape index (κ3) is 3.64. The van der Waals surface area contributed by atoms with Crippen molar-refractivity contribution in [3.8, 4) is 0 Å². The Labute approximate surface area is 140 Å². The SMILES string of the molecule is CC(C)C(=O)c1cnn2cc(CCCN3CCC(F)(F)C3)ccc12. The molecule has 3 rings (SSSR count). The average molecular weight is 335 g/mol. The monoisotopic (exact) mass is 335 g/mol. The maximum Gasteiger partial charge on any atom is 0.261 e. The van der Waals surface area contributed by atoms with Crippen LogP contribution < -0.4 is 0 Å². The van der Waals surface area contributed by atoms with Crippen molar-refractivity contribution in [2.24, 2.45) is 5.92 Å². The van der Waals surface area contributed by atoms with Crippen LogP contribution in [0.5, 0.6) is 0 Å². The molecule has 6 heteroatoms. The zero-order chi connectivity index (χ0) is 17.3. The molecule has 0 spiro atoms. The Balaban J connectivity index is 1.61. The Morgan fingerprint density at radius 3 is 2.83 bits per heavy atom. The fourth-order valence-corrected chi connectivity index (χ4v) is 3.18. The Morgan fingerprint density at radius 1 is 1.38 bits per heavy atom. The molecule has 1 aliphatic heterocycles. The first-order chi connectivity index (χ1) is 11.4. The van der Waals surface area contributed by atoms with Gasteiger partial charge in [-0.3, -0.25) is 9.69 Å². The van der Waals surface area contributed by atoms with Gasteiger partial charge in [0.2, 0.25) is 0 Å². The summed E-state index contributed by atoms with van der Waals surface area (Å²) in [6.45, 7) is 4.80. The summed E-state index contributed by atoms with van der Waals surface area (Å²) in [5, 5.41) is 4.27. The molecule has 2 aromatic rings. The molecule has 0 unspecified atom stereocenters. The van der Waals surface area contributed by atoms with Gasteiger partial charge in [0.15, 0.2) is 5.78 Å². The predicted octanol–water partition coefficient (Wildman–Crippen LogP) is 3.45. The molecule has 0 amide bonds. The molecule has 0 radical (unpaired) electrons. The second-order valence-corrected chi connectivity index (χ2v) is 6.93. The van der Waals surface area contributed by atoms with Gasteiger partial charge in [-0.25, -0.2) is 13.3 Å². The van der Waals surface area contributed by atoms with Crippen LogP contribution in [-0.4, -0.2) is 45.9 Å². The maximum atomic E-state index is 13.2. The first-order valence-electron chi connectivity index (χ1n) is 8.46. The van der Waals surface area contributed by atoms with Crippen molar-refractivity contribution in [1.29, 1.82) is 0 Å². The van der Waals surface area contributed by atoms with Gasteiger partial charge in [-0.05, 0) is 31.0 Å². The van der Waals surface area contributed by atoms with Gasteiger partial charge in [0.05, 0.1) is 23.8 Å². The molecule has 3 heterocycles. The normalized spacial score (nSPS) is 17.9. The number of ketones is 1. The molecule has 1 aliphatic rings. The lowest BCUT2D eigenvalue weighted by atomic mass is 10.0. The van der Waals surface area contributed by atoms with E-state index in [0.717, 1.165) is 23.9 Å². The number of Topliss-reactive ketones (excluding diaryl/α,β-unsaturated/α-hetero) is 1. The first-order valence-corrected chi connectivity index (χ1v) is 8.46. The third-order valence-corrected chi connectivity index (χ3v) is 4.56. The van der Waals surface area contributed by atoms with E-state index in [4.69, 9.17) is 0 Å². The maximum absolute atomic E-state index is 13.2. The summed E-state index contributed by atoms with van der Waals surface area (Å²) < 4.78 is 28.1. The molecule has 0 aromatic carbocycles. The number of likely N-dealkylation sites (tertiary alicyclic amines) is 1. The highest BCUT2D eigenvalue weighted by atomic mass is 19.3. The minimum absolute atomic E-state index is 0.0289. The Hall–Kier alpha value is -1.82. The fourth-order valence-electron chi connectivity index (χ4n) is 3.18. The summed E-state index contributed by atoms with van der Waals surface area (Å²) in [6, 6.07) is 3.91. The van der Waals surface area contributed by atoms with Gasteiger partial charge in [-0.2, -0.15) is 5.10 Å². The van der Waals surface area contributed by atoms with Gasteiger partial charge in [-0.15, -0.1) is 0 Å². The van der Waals surface area contributed by atoms with E-state index in [-0.39, 0.29) is 24.7 Å². The number of halogens is 2. The van der Waals surface area contributed by atoms with Crippen LogP contribution >= 0.6 is 0 Å². The number of carbonyl (C=O) groups is 1. The average Bonchev–Trinajstić information content (AvgIpc) is 3.09. The highest BCUT2D eigenvalue weighted by molar-refractivity contribution is 6.03. The van der Waals surface area contributed by atoms with Gasteiger partial charge in [-0.1, -0.05) is 19.9 Å². The van der Waals surface area contributed by atoms with E-state index >= 15 is 0 Å². The zero-order valence-electron chi connectivity index (χ0n) is 14.1. The van der Waals surface area contributed by atoms with Crippen molar-refractivity contribution < 1.29 is 13.6 Å². The molecule has 4 nitrogen and oxygen atoms in total. The molecule has 1 saturated heterocycles. The molecule has 1 fully saturated rings. The molecule has 0 bridgehead atoms. The molecule has 0 saturated carbocycles. The predicted molar refractivity (Wildman–Crippen MR) is 88.7 cm³/mol. The summed E-state index contributed by atoms with van der Waals surface area (Å²) >= 11 is 0. The van der Waals surface area contributed by atoms with Crippen molar-refractivity contribution in [2.75, 3.05) is 19.6 Å². The lowest BCUT2D eigenvalue weighted by Crippen LogP contribution is -2.26. The van der Waals surface area contributed by atoms with Crippen LogP contribution in [0.25, 0.3) is 5.52 Å². The Kier molecular flexibility index (Phi) is 4.67. The van der Waals surface area contributed by atoms with Crippen LogP contribution in [0.15, 0.2) is 24.5 Å². The molecule has 0 atom stereocenters. The number of nitrogens with zero attached hydrogens (tertiary/aromatic N) is 3. The molecular formula is C18H23F2N3O. The van der Waals surface area contributed by atoms with E-state index in [2.05, 4.69) is 5.10 Å². The van der Waals surface area contributed by atoms with E-state index in [0.29, 0.717) is 18.7 Å². The topological polar surface area (TPSA) is 37.6 Å². The molecule has 130 valence electrons. The summed E-state index contributed by atoms with van der Waals surface area (Å²) in [6.07, 6.45) is 5.16. The van der Waals surface area contributed by atoms with Crippen molar-refractivity contribution >= 4 is 11.3 Å². The lowest BCUT2D eigenvalue weighted by molar-refractivity contribution is 0.0122. The minimum atomic E-state index is -2.52. The van der Waals surface area contributed by atoms with Crippen LogP contribution in [0.2, 0.25) is 0 Å². The highest BCUT2D eigenvalue weighted by Gasteiger charge is 2.37. The summed E-state index contributed by atoms with van der Waals surface area (Å²) in [5.74, 6) is -2.49. The smallest absolute Gasteiger partial charge is 0.261 e. The van der Waals surface area contributed by atoms with Crippen molar-refractivity contribution in [1.82, 2.24) is 14.5 Å². The van der Waals surface area contributed by atoms with E-state index in [9.17, 15) is 13.6 Å². The number of aryl methyl sites for hydroxylation is 1. The second kappa shape index (κ2) is 6.59. The van der Waals surface area contributed by atoms with Crippen LogP contribution in [0, 0.1) is 5.92 Å². The van der Waals surface area contributed by atoms with Gasteiger partial charge < -0.3 is 0 Å². The summed E-state index contributed by atoms with van der Waals surface area (Å²) in [7, 11) is 0. The van der Waals surface area contributed by atoms with E-state index in [1.54, 1.807) is 10.7 Å². The summed E-state index contributed by atoms with van der Waals surface area (Å²) in [5.41, 5.74) is 2.56. The lowest BCUT2D eigenvalue weighted by Gasteiger charge is -2.15. The van der Waals surface area contributed by atoms with E-state index < -0.39 is 5.92 Å².